The summed E-state index contributed by atoms with van der Waals surface area (Å²) in [5.74, 6) is 0.795. The number of hydrogen-bond donors (Lipinski definition) is 1. The molecule has 6 rings (SSSR count). The summed E-state index contributed by atoms with van der Waals surface area (Å²) in [6.45, 7) is 0.660. The van der Waals surface area contributed by atoms with Gasteiger partial charge in [-0.1, -0.05) is 23.4 Å². The Balaban J connectivity index is 1.37. The topological polar surface area (TPSA) is 89.9 Å². The first-order valence-corrected chi connectivity index (χ1v) is 11.9. The molecule has 37 heavy (non-hydrogen) atoms. The van der Waals surface area contributed by atoms with Gasteiger partial charge in [-0.3, -0.25) is 0 Å². The molecule has 0 radical (unpaired) electrons. The van der Waals surface area contributed by atoms with E-state index in [0.29, 0.717) is 57.1 Å². The third kappa shape index (κ3) is 4.20. The second-order valence-electron chi connectivity index (χ2n) is 10.5. The average Bonchev–Trinajstić information content (AvgIpc) is 3.46. The van der Waals surface area contributed by atoms with Crippen molar-refractivity contribution in [3.63, 3.8) is 0 Å². The molecule has 0 spiro atoms. The van der Waals surface area contributed by atoms with Crippen LogP contribution in [0.25, 0.3) is 11.4 Å². The fourth-order valence-electron chi connectivity index (χ4n) is 5.74. The van der Waals surface area contributed by atoms with Gasteiger partial charge in [0, 0.05) is 23.4 Å². The van der Waals surface area contributed by atoms with Crippen molar-refractivity contribution >= 4 is 0 Å². The van der Waals surface area contributed by atoms with Crippen molar-refractivity contribution in [3.05, 3.63) is 47.4 Å². The van der Waals surface area contributed by atoms with E-state index < -0.39 is 35.4 Å². The van der Waals surface area contributed by atoms with E-state index in [4.69, 9.17) is 4.52 Å². The lowest BCUT2D eigenvalue weighted by Gasteiger charge is -2.51. The van der Waals surface area contributed by atoms with E-state index in [9.17, 15) is 31.4 Å². The first-order valence-electron chi connectivity index (χ1n) is 11.9. The van der Waals surface area contributed by atoms with Crippen molar-refractivity contribution in [2.45, 2.75) is 80.7 Å². The van der Waals surface area contributed by atoms with Crippen molar-refractivity contribution < 1.29 is 36.0 Å². The minimum absolute atomic E-state index is 0.0392. The molecule has 2 heterocycles. The molecule has 0 amide bonds. The van der Waals surface area contributed by atoms with E-state index in [1.165, 1.54) is 18.2 Å². The largest absolute Gasteiger partial charge is 0.417 e. The Morgan fingerprint density at radius 2 is 1.54 bits per heavy atom. The molecule has 1 N–H and O–H groups in total. The van der Waals surface area contributed by atoms with Gasteiger partial charge in [-0.15, -0.1) is 10.2 Å². The molecule has 7 nitrogen and oxygen atoms in total. The maximum atomic E-state index is 13.6. The molecule has 3 saturated carbocycles. The number of halogens is 6. The van der Waals surface area contributed by atoms with Crippen LogP contribution in [0.3, 0.4) is 0 Å². The molecule has 0 aliphatic heterocycles. The molecule has 2 aromatic heterocycles. The number of aliphatic hydroxyl groups is 1. The SMILES string of the molecule is Cn1c(-c2ccccc2C(F)(F)F)nnc1C12CCC(c3noc(CC(C)(O)C(F)(F)F)n3)(CC1)CC2. The van der Waals surface area contributed by atoms with Gasteiger partial charge in [-0.2, -0.15) is 31.3 Å². The maximum absolute atomic E-state index is 13.6. The highest BCUT2D eigenvalue weighted by Gasteiger charge is 2.55. The Morgan fingerprint density at radius 1 is 0.946 bits per heavy atom. The van der Waals surface area contributed by atoms with Crippen LogP contribution in [-0.4, -0.2) is 41.8 Å². The van der Waals surface area contributed by atoms with Gasteiger partial charge in [0.2, 0.25) is 5.89 Å². The number of fused-ring (bicyclic) bond motifs is 3. The highest BCUT2D eigenvalue weighted by Crippen LogP contribution is 2.58. The van der Waals surface area contributed by atoms with Gasteiger partial charge in [0.15, 0.2) is 17.2 Å². The van der Waals surface area contributed by atoms with Crippen molar-refractivity contribution in [1.82, 2.24) is 24.9 Å². The number of rotatable bonds is 5. The Kier molecular flexibility index (Phi) is 5.74. The van der Waals surface area contributed by atoms with Crippen LogP contribution in [0.4, 0.5) is 26.3 Å². The van der Waals surface area contributed by atoms with Crippen molar-refractivity contribution in [1.29, 1.82) is 0 Å². The molecule has 1 aromatic carbocycles. The van der Waals surface area contributed by atoms with E-state index in [-0.39, 0.29) is 22.7 Å². The van der Waals surface area contributed by atoms with Crippen LogP contribution in [0.15, 0.2) is 28.8 Å². The minimum atomic E-state index is -4.84. The predicted octanol–water partition coefficient (Wildman–Crippen LogP) is 5.28. The van der Waals surface area contributed by atoms with Crippen LogP contribution < -0.4 is 0 Å². The highest BCUT2D eigenvalue weighted by molar-refractivity contribution is 5.61. The fourth-order valence-corrected chi connectivity index (χ4v) is 5.74. The van der Waals surface area contributed by atoms with Crippen LogP contribution in [0, 0.1) is 0 Å². The van der Waals surface area contributed by atoms with E-state index in [2.05, 4.69) is 20.3 Å². The normalized spacial score (nSPS) is 25.9. The number of hydrogen-bond acceptors (Lipinski definition) is 6. The standard InChI is InChI=1S/C24H25F6N5O2/c1-20(36,24(28,29)30)13-16-31-18(34-37-16)21-7-10-22(11-8-21,12-9-21)19-33-32-17(35(19)2)14-5-3-4-6-15(14)23(25,26)27/h3-6,36H,7-13H2,1-2H3. The zero-order chi connectivity index (χ0) is 26.9. The predicted molar refractivity (Wildman–Crippen MR) is 117 cm³/mol. The van der Waals surface area contributed by atoms with Gasteiger partial charge in [0.1, 0.15) is 5.82 Å². The van der Waals surface area contributed by atoms with Crippen molar-refractivity contribution in [3.8, 4) is 11.4 Å². The highest BCUT2D eigenvalue weighted by atomic mass is 19.4. The summed E-state index contributed by atoms with van der Waals surface area (Å²) in [5, 5.41) is 22.2. The summed E-state index contributed by atoms with van der Waals surface area (Å²) in [6, 6.07) is 5.26. The van der Waals surface area contributed by atoms with Crippen LogP contribution in [0.5, 0.6) is 0 Å². The molecule has 13 heteroatoms. The molecule has 3 aliphatic rings. The first kappa shape index (κ1) is 25.7. The average molecular weight is 529 g/mol. The second kappa shape index (κ2) is 8.27. The van der Waals surface area contributed by atoms with E-state index >= 15 is 0 Å². The Morgan fingerprint density at radius 3 is 2.14 bits per heavy atom. The van der Waals surface area contributed by atoms with Crippen molar-refractivity contribution in [2.24, 2.45) is 7.05 Å². The Bertz CT molecular complexity index is 1280. The quantitative estimate of drug-likeness (QED) is 0.453. The van der Waals surface area contributed by atoms with Crippen molar-refractivity contribution in [2.75, 3.05) is 0 Å². The maximum Gasteiger partial charge on any atom is 0.417 e. The van der Waals surface area contributed by atoms with Gasteiger partial charge >= 0.3 is 12.4 Å². The monoisotopic (exact) mass is 529 g/mol. The third-order valence-corrected chi connectivity index (χ3v) is 8.12. The fraction of sp³-hybridized carbons (Fsp3) is 0.583. The van der Waals surface area contributed by atoms with Gasteiger partial charge in [0.25, 0.3) is 0 Å². The molecule has 0 saturated heterocycles. The molecule has 2 bridgehead atoms. The van der Waals surface area contributed by atoms with Crippen LogP contribution in [0.2, 0.25) is 0 Å². The lowest BCUT2D eigenvalue weighted by molar-refractivity contribution is -0.253. The molecule has 200 valence electrons. The Hall–Kier alpha value is -2.96. The smallest absolute Gasteiger partial charge is 0.380 e. The molecule has 3 fully saturated rings. The molecule has 3 aromatic rings. The second-order valence-corrected chi connectivity index (χ2v) is 10.5. The molecule has 1 atom stereocenters. The number of benzene rings is 1. The number of aromatic nitrogens is 5. The first-order chi connectivity index (χ1) is 17.2. The lowest BCUT2D eigenvalue weighted by atomic mass is 9.53. The molecular formula is C24H25F6N5O2. The third-order valence-electron chi connectivity index (χ3n) is 8.12. The zero-order valence-electron chi connectivity index (χ0n) is 20.1. The van der Waals surface area contributed by atoms with Crippen LogP contribution >= 0.6 is 0 Å². The van der Waals surface area contributed by atoms with Gasteiger partial charge in [0.05, 0.1) is 12.0 Å². The van der Waals surface area contributed by atoms with Gasteiger partial charge in [-0.25, -0.2) is 0 Å². The van der Waals surface area contributed by atoms with Crippen LogP contribution in [0.1, 0.15) is 68.6 Å². The van der Waals surface area contributed by atoms with Gasteiger partial charge < -0.3 is 14.2 Å². The molecular weight excluding hydrogens is 504 g/mol. The van der Waals surface area contributed by atoms with E-state index in [1.807, 2.05) is 0 Å². The van der Waals surface area contributed by atoms with Gasteiger partial charge in [-0.05, 0) is 51.5 Å². The summed E-state index contributed by atoms with van der Waals surface area (Å²) in [6.07, 6.45) is -6.45. The molecule has 1 unspecified atom stereocenters. The van der Waals surface area contributed by atoms with E-state index in [1.54, 1.807) is 11.6 Å². The molecule has 3 aliphatic carbocycles. The Labute approximate surface area is 207 Å². The summed E-state index contributed by atoms with van der Waals surface area (Å²) in [7, 11) is 1.67. The summed E-state index contributed by atoms with van der Waals surface area (Å²) < 4.78 is 86.6. The van der Waals surface area contributed by atoms with E-state index in [0.717, 1.165) is 6.07 Å². The summed E-state index contributed by atoms with van der Waals surface area (Å²) >= 11 is 0. The minimum Gasteiger partial charge on any atom is -0.380 e. The number of alkyl halides is 6. The summed E-state index contributed by atoms with van der Waals surface area (Å²) in [5.41, 5.74) is -4.67. The summed E-state index contributed by atoms with van der Waals surface area (Å²) in [4.78, 5) is 4.21. The zero-order valence-corrected chi connectivity index (χ0v) is 20.1. The number of nitrogens with zero attached hydrogens (tertiary/aromatic N) is 5. The lowest BCUT2D eigenvalue weighted by Crippen LogP contribution is -2.48. The van der Waals surface area contributed by atoms with Crippen LogP contribution in [-0.2, 0) is 30.5 Å².